The first-order valence-electron chi connectivity index (χ1n) is 9.54. The van der Waals surface area contributed by atoms with Crippen LogP contribution in [0.5, 0.6) is 5.75 Å². The Bertz CT molecular complexity index is 1200. The number of aromatic nitrogens is 1. The fourth-order valence-corrected chi connectivity index (χ4v) is 3.77. The maximum atomic E-state index is 12.9. The highest BCUT2D eigenvalue weighted by molar-refractivity contribution is 7.13. The molecule has 4 aromatic rings. The molecule has 0 unspecified atom stereocenters. The van der Waals surface area contributed by atoms with Crippen molar-refractivity contribution in [2.24, 2.45) is 0 Å². The first kappa shape index (κ1) is 21.6. The highest BCUT2D eigenvalue weighted by Crippen LogP contribution is 2.33. The first-order valence-corrected chi connectivity index (χ1v) is 10.4. The topological polar surface area (TPSA) is 64.4 Å². The molecule has 0 spiro atoms. The van der Waals surface area contributed by atoms with Crippen LogP contribution in [0.4, 0.5) is 13.2 Å². The monoisotopic (exact) mass is 458 g/mol. The average molecular weight is 458 g/mol. The van der Waals surface area contributed by atoms with E-state index in [1.165, 1.54) is 23.7 Å². The van der Waals surface area contributed by atoms with Crippen molar-refractivity contribution in [2.75, 3.05) is 0 Å². The van der Waals surface area contributed by atoms with Crippen LogP contribution in [0, 0.1) is 0 Å². The molecule has 0 bridgehead atoms. The van der Waals surface area contributed by atoms with Crippen molar-refractivity contribution < 1.29 is 27.1 Å². The van der Waals surface area contributed by atoms with Crippen molar-refractivity contribution >= 4 is 17.2 Å². The molecule has 2 aromatic carbocycles. The fraction of sp³-hybridized carbons (Fsp3) is 0.130. The van der Waals surface area contributed by atoms with Gasteiger partial charge in [-0.15, -0.1) is 11.3 Å². The molecule has 0 aliphatic rings. The number of hydrogen-bond donors (Lipinski definition) is 1. The Kier molecular flexibility index (Phi) is 6.27. The van der Waals surface area contributed by atoms with Crippen LogP contribution >= 0.6 is 11.3 Å². The van der Waals surface area contributed by atoms with Crippen LogP contribution in [-0.4, -0.2) is 10.9 Å². The van der Waals surface area contributed by atoms with Crippen LogP contribution in [0.1, 0.15) is 27.4 Å². The number of thiazole rings is 1. The Balaban J connectivity index is 1.46. The van der Waals surface area contributed by atoms with Gasteiger partial charge in [0.15, 0.2) is 0 Å². The van der Waals surface area contributed by atoms with E-state index < -0.39 is 11.7 Å². The summed E-state index contributed by atoms with van der Waals surface area (Å²) in [6.45, 7) is 0.207. The summed E-state index contributed by atoms with van der Waals surface area (Å²) < 4.78 is 49.8. The lowest BCUT2D eigenvalue weighted by atomic mass is 10.1. The van der Waals surface area contributed by atoms with E-state index in [4.69, 9.17) is 9.15 Å². The summed E-state index contributed by atoms with van der Waals surface area (Å²) in [6.07, 6.45) is -2.89. The third kappa shape index (κ3) is 5.17. The van der Waals surface area contributed by atoms with E-state index in [1.807, 2.05) is 0 Å². The van der Waals surface area contributed by atoms with Gasteiger partial charge in [0.25, 0.3) is 5.91 Å². The molecule has 4 rings (SSSR count). The molecule has 1 N–H and O–H groups in total. The van der Waals surface area contributed by atoms with Gasteiger partial charge in [-0.25, -0.2) is 4.98 Å². The Labute approximate surface area is 185 Å². The number of carbonyl (C=O) groups excluding carboxylic acids is 1. The summed E-state index contributed by atoms with van der Waals surface area (Å²) in [6, 6.07) is 15.5. The summed E-state index contributed by atoms with van der Waals surface area (Å²) >= 11 is 1.27. The summed E-state index contributed by atoms with van der Waals surface area (Å²) in [5.41, 5.74) is 0.572. The Morgan fingerprint density at radius 3 is 2.72 bits per heavy atom. The van der Waals surface area contributed by atoms with Crippen molar-refractivity contribution in [3.63, 3.8) is 0 Å². The van der Waals surface area contributed by atoms with Crippen LogP contribution in [0.25, 0.3) is 10.6 Å². The Morgan fingerprint density at radius 1 is 1.09 bits per heavy atom. The Hall–Kier alpha value is -3.59. The molecule has 0 saturated carbocycles. The number of hydrogen-bond acceptors (Lipinski definition) is 5. The lowest BCUT2D eigenvalue weighted by Gasteiger charge is -2.12. The maximum absolute atomic E-state index is 12.9. The Morgan fingerprint density at radius 2 is 1.94 bits per heavy atom. The minimum absolute atomic E-state index is 0.0389. The number of alkyl halides is 3. The molecule has 32 heavy (non-hydrogen) atoms. The van der Waals surface area contributed by atoms with E-state index in [-0.39, 0.29) is 24.8 Å². The number of nitrogens with one attached hydrogen (secondary N) is 1. The molecule has 1 amide bonds. The summed E-state index contributed by atoms with van der Waals surface area (Å²) in [5.74, 6) is 0.746. The van der Waals surface area contributed by atoms with Gasteiger partial charge in [0.2, 0.25) is 0 Å². The van der Waals surface area contributed by atoms with Gasteiger partial charge in [0.1, 0.15) is 28.8 Å². The molecule has 0 aliphatic carbocycles. The molecule has 0 fully saturated rings. The second-order valence-corrected chi connectivity index (χ2v) is 7.64. The molecule has 164 valence electrons. The van der Waals surface area contributed by atoms with Gasteiger partial charge >= 0.3 is 6.18 Å². The van der Waals surface area contributed by atoms with Gasteiger partial charge in [0, 0.05) is 5.38 Å². The standard InChI is InChI=1S/C23H17F3N2O3S/c24-23(25,26)16-6-3-5-15(11-16)13-31-20-9-2-1-8-18(20)22-28-19(14-32-22)21(29)27-12-17-7-4-10-30-17/h1-11,14H,12-13H2,(H,27,29). The van der Waals surface area contributed by atoms with E-state index in [2.05, 4.69) is 10.3 Å². The molecule has 0 aliphatic heterocycles. The minimum atomic E-state index is -4.41. The van der Waals surface area contributed by atoms with E-state index >= 15 is 0 Å². The third-order valence-corrected chi connectivity index (χ3v) is 5.38. The van der Waals surface area contributed by atoms with Crippen molar-refractivity contribution in [2.45, 2.75) is 19.3 Å². The number of nitrogens with zero attached hydrogens (tertiary/aromatic N) is 1. The van der Waals surface area contributed by atoms with Crippen LogP contribution in [0.2, 0.25) is 0 Å². The molecule has 0 atom stereocenters. The number of rotatable bonds is 7. The SMILES string of the molecule is O=C(NCc1ccco1)c1csc(-c2ccccc2OCc2cccc(C(F)(F)F)c2)n1. The van der Waals surface area contributed by atoms with Gasteiger partial charge in [-0.1, -0.05) is 24.3 Å². The zero-order valence-corrected chi connectivity index (χ0v) is 17.4. The number of amides is 1. The molecular formula is C23H17F3N2O3S. The second-order valence-electron chi connectivity index (χ2n) is 6.78. The smallest absolute Gasteiger partial charge is 0.416 e. The minimum Gasteiger partial charge on any atom is -0.488 e. The average Bonchev–Trinajstić information content (AvgIpc) is 3.48. The van der Waals surface area contributed by atoms with Crippen molar-refractivity contribution in [3.05, 3.63) is 94.9 Å². The van der Waals surface area contributed by atoms with Crippen LogP contribution in [-0.2, 0) is 19.3 Å². The summed E-state index contributed by atoms with van der Waals surface area (Å²) in [4.78, 5) is 16.8. The van der Waals surface area contributed by atoms with E-state index in [0.29, 0.717) is 27.6 Å². The van der Waals surface area contributed by atoms with Gasteiger partial charge in [-0.3, -0.25) is 4.79 Å². The highest BCUT2D eigenvalue weighted by atomic mass is 32.1. The molecule has 2 heterocycles. The van der Waals surface area contributed by atoms with E-state index in [9.17, 15) is 18.0 Å². The number of carbonyl (C=O) groups is 1. The largest absolute Gasteiger partial charge is 0.488 e. The lowest BCUT2D eigenvalue weighted by Crippen LogP contribution is -2.22. The fourth-order valence-electron chi connectivity index (χ4n) is 2.94. The van der Waals surface area contributed by atoms with Crippen molar-refractivity contribution in [1.29, 1.82) is 0 Å². The summed E-state index contributed by atoms with van der Waals surface area (Å²) in [5, 5.41) is 4.93. The van der Waals surface area contributed by atoms with Crippen molar-refractivity contribution in [1.82, 2.24) is 10.3 Å². The van der Waals surface area contributed by atoms with Gasteiger partial charge in [-0.2, -0.15) is 13.2 Å². The lowest BCUT2D eigenvalue weighted by molar-refractivity contribution is -0.137. The van der Waals surface area contributed by atoms with E-state index in [0.717, 1.165) is 12.1 Å². The quantitative estimate of drug-likeness (QED) is 0.373. The molecular weight excluding hydrogens is 441 g/mol. The second kappa shape index (κ2) is 9.27. The van der Waals surface area contributed by atoms with Gasteiger partial charge < -0.3 is 14.5 Å². The molecule has 2 aromatic heterocycles. The third-order valence-electron chi connectivity index (χ3n) is 4.51. The summed E-state index contributed by atoms with van der Waals surface area (Å²) in [7, 11) is 0. The molecule has 5 nitrogen and oxygen atoms in total. The van der Waals surface area contributed by atoms with Gasteiger partial charge in [0.05, 0.1) is 23.9 Å². The maximum Gasteiger partial charge on any atom is 0.416 e. The number of para-hydroxylation sites is 1. The van der Waals surface area contributed by atoms with E-state index in [1.54, 1.807) is 47.8 Å². The number of benzene rings is 2. The van der Waals surface area contributed by atoms with Crippen molar-refractivity contribution in [3.8, 4) is 16.3 Å². The molecule has 0 radical (unpaired) electrons. The predicted molar refractivity (Wildman–Crippen MR) is 113 cm³/mol. The van der Waals surface area contributed by atoms with Crippen LogP contribution in [0.3, 0.4) is 0 Å². The zero-order valence-electron chi connectivity index (χ0n) is 16.6. The first-order chi connectivity index (χ1) is 15.4. The van der Waals surface area contributed by atoms with Crippen LogP contribution < -0.4 is 10.1 Å². The number of furan rings is 1. The normalized spacial score (nSPS) is 11.3. The van der Waals surface area contributed by atoms with Gasteiger partial charge in [-0.05, 0) is 42.0 Å². The molecule has 0 saturated heterocycles. The zero-order chi connectivity index (χ0) is 22.6. The van der Waals surface area contributed by atoms with Crippen LogP contribution in [0.15, 0.2) is 76.7 Å². The number of ether oxygens (including phenoxy) is 1. The predicted octanol–water partition coefficient (Wildman–Crippen LogP) is 5.93. The highest BCUT2D eigenvalue weighted by Gasteiger charge is 2.30. The number of halogens is 3. The molecule has 9 heteroatoms.